The summed E-state index contributed by atoms with van der Waals surface area (Å²) in [7, 11) is 0. The maximum atomic E-state index is 2.46. The molecule has 9 aromatic carbocycles. The van der Waals surface area contributed by atoms with E-state index < -0.39 is 0 Å². The van der Waals surface area contributed by atoms with Gasteiger partial charge in [-0.2, -0.15) is 0 Å². The number of aryl methyl sites for hydroxylation is 3. The van der Waals surface area contributed by atoms with Gasteiger partial charge in [0.25, 0.3) is 0 Å². The number of benzene rings is 9. The van der Waals surface area contributed by atoms with E-state index in [-0.39, 0.29) is 10.8 Å². The van der Waals surface area contributed by atoms with Crippen LogP contribution in [0.4, 0.5) is 0 Å². The average molecular weight is 861 g/mol. The minimum atomic E-state index is -0.273. The number of hydrogen-bond acceptors (Lipinski definition) is 0. The monoisotopic (exact) mass is 860 g/mol. The molecule has 0 saturated heterocycles. The van der Waals surface area contributed by atoms with Gasteiger partial charge >= 0.3 is 0 Å². The van der Waals surface area contributed by atoms with Gasteiger partial charge in [0, 0.05) is 11.3 Å². The van der Waals surface area contributed by atoms with Crippen LogP contribution in [0.25, 0.3) is 50.1 Å². The molecule has 0 aromatic heterocycles. The Morgan fingerprint density at radius 1 is 0.388 bits per heavy atom. The number of fused-ring (bicyclic) bond motifs is 12. The molecule has 0 heterocycles. The summed E-state index contributed by atoms with van der Waals surface area (Å²) in [5.41, 5.74) is 27.6. The maximum Gasteiger partial charge on any atom is 0.0689 e. The summed E-state index contributed by atoms with van der Waals surface area (Å²) in [6, 6.07) is 79.6. The van der Waals surface area contributed by atoms with Gasteiger partial charge in [0.1, 0.15) is 0 Å². The van der Waals surface area contributed by atoms with Crippen LogP contribution in [0.5, 0.6) is 0 Å². The molecule has 0 saturated carbocycles. The Bertz CT molecular complexity index is 3360. The first kappa shape index (κ1) is 42.1. The van der Waals surface area contributed by atoms with Crippen molar-refractivity contribution in [1.82, 2.24) is 0 Å². The minimum absolute atomic E-state index is 0.151. The van der Waals surface area contributed by atoms with E-state index in [9.17, 15) is 0 Å². The van der Waals surface area contributed by atoms with Gasteiger partial charge in [-0.05, 0) is 127 Å². The maximum absolute atomic E-state index is 2.46. The molecule has 0 amide bonds. The summed E-state index contributed by atoms with van der Waals surface area (Å²) in [6.45, 7) is 11.2. The summed E-state index contributed by atoms with van der Waals surface area (Å²) in [5, 5.41) is 0. The average Bonchev–Trinajstić information content (AvgIpc) is 3.93. The van der Waals surface area contributed by atoms with Crippen molar-refractivity contribution in [3.63, 3.8) is 0 Å². The van der Waals surface area contributed by atoms with Crippen LogP contribution in [0.2, 0.25) is 0 Å². The number of allylic oxidation sites excluding steroid dienone is 4. The third-order valence-corrected chi connectivity index (χ3v) is 14.9. The van der Waals surface area contributed by atoms with Gasteiger partial charge in [-0.15, -0.1) is 0 Å². The highest BCUT2D eigenvalue weighted by atomic mass is 14.5. The minimum Gasteiger partial charge on any atom is -0.0761 e. The molecule has 1 spiro atoms. The topological polar surface area (TPSA) is 0 Å². The second-order valence-corrected chi connectivity index (χ2v) is 19.3. The first-order valence-electron chi connectivity index (χ1n) is 23.9. The second kappa shape index (κ2) is 17.0. The van der Waals surface area contributed by atoms with Gasteiger partial charge in [-0.3, -0.25) is 0 Å². The van der Waals surface area contributed by atoms with Crippen molar-refractivity contribution < 1.29 is 0 Å². The Labute approximate surface area is 397 Å². The normalized spacial score (nSPS) is 17.2. The van der Waals surface area contributed by atoms with Gasteiger partial charge in [0.05, 0.1) is 5.41 Å². The fraction of sp³-hybridized carbons (Fsp3) is 0.134. The highest BCUT2D eigenvalue weighted by Gasteiger charge is 2.53. The number of hydrogen-bond donors (Lipinski definition) is 0. The smallest absolute Gasteiger partial charge is 0.0689 e. The van der Waals surface area contributed by atoms with Gasteiger partial charge < -0.3 is 0 Å². The van der Waals surface area contributed by atoms with Crippen molar-refractivity contribution in [2.45, 2.75) is 57.8 Å². The molecule has 0 aliphatic heterocycles. The van der Waals surface area contributed by atoms with Crippen molar-refractivity contribution in [3.05, 3.63) is 292 Å². The lowest BCUT2D eigenvalue weighted by atomic mass is 9.66. The lowest BCUT2D eigenvalue weighted by Crippen LogP contribution is -2.28. The SMILES string of the molecule is Cc1ccc2c(c1)C(C)(C)c1ccccc1-2.Cc1ccc2c(c1)C1(C3=C(C=CC(c4ccccc4)C3)c3ccccc31)c1cccc(-c3ccccc3)c1-2.Cc1ccccc1-c1ccccc1. The van der Waals surface area contributed by atoms with Crippen LogP contribution < -0.4 is 0 Å². The summed E-state index contributed by atoms with van der Waals surface area (Å²) >= 11 is 0. The van der Waals surface area contributed by atoms with Crippen molar-refractivity contribution in [3.8, 4) is 44.5 Å². The van der Waals surface area contributed by atoms with Gasteiger partial charge in [-0.25, -0.2) is 0 Å². The van der Waals surface area contributed by atoms with Crippen LogP contribution in [0.15, 0.2) is 236 Å². The molecule has 324 valence electrons. The van der Waals surface area contributed by atoms with Crippen LogP contribution in [-0.4, -0.2) is 0 Å². The fourth-order valence-corrected chi connectivity index (χ4v) is 11.7. The molecule has 0 radical (unpaired) electrons. The molecule has 0 fully saturated rings. The zero-order chi connectivity index (χ0) is 45.7. The van der Waals surface area contributed by atoms with E-state index in [1.807, 2.05) is 6.07 Å². The van der Waals surface area contributed by atoms with Crippen LogP contribution >= 0.6 is 0 Å². The Kier molecular flexibility index (Phi) is 10.7. The molecule has 0 bridgehead atoms. The molecule has 2 unspecified atom stereocenters. The molecule has 0 nitrogen and oxygen atoms in total. The highest BCUT2D eigenvalue weighted by Crippen LogP contribution is 2.65. The quantitative estimate of drug-likeness (QED) is 0.166. The van der Waals surface area contributed by atoms with Gasteiger partial charge in [-0.1, -0.05) is 256 Å². The largest absolute Gasteiger partial charge is 0.0761 e. The summed E-state index contributed by atoms with van der Waals surface area (Å²) < 4.78 is 0. The Morgan fingerprint density at radius 2 is 0.896 bits per heavy atom. The third kappa shape index (κ3) is 7.06. The van der Waals surface area contributed by atoms with E-state index in [1.165, 1.54) is 106 Å². The van der Waals surface area contributed by atoms with E-state index >= 15 is 0 Å². The molecule has 2 atom stereocenters. The summed E-state index contributed by atoms with van der Waals surface area (Å²) in [6.07, 6.45) is 5.86. The summed E-state index contributed by atoms with van der Waals surface area (Å²) in [4.78, 5) is 0. The van der Waals surface area contributed by atoms with Gasteiger partial charge in [0.2, 0.25) is 0 Å². The lowest BCUT2D eigenvalue weighted by Gasteiger charge is -2.35. The zero-order valence-corrected chi connectivity index (χ0v) is 39.2. The Morgan fingerprint density at radius 3 is 1.58 bits per heavy atom. The van der Waals surface area contributed by atoms with E-state index in [0.717, 1.165) is 6.42 Å². The molecule has 4 aliphatic rings. The van der Waals surface area contributed by atoms with Crippen molar-refractivity contribution in [2.24, 2.45) is 0 Å². The Hall–Kier alpha value is -7.54. The third-order valence-electron chi connectivity index (χ3n) is 14.9. The van der Waals surface area contributed by atoms with Gasteiger partial charge in [0.15, 0.2) is 0 Å². The van der Waals surface area contributed by atoms with Crippen LogP contribution in [-0.2, 0) is 10.8 Å². The van der Waals surface area contributed by atoms with Crippen molar-refractivity contribution in [1.29, 1.82) is 0 Å². The molecular weight excluding hydrogens is 805 g/mol. The molecule has 9 aromatic rings. The lowest BCUT2D eigenvalue weighted by molar-refractivity contribution is 0.660. The zero-order valence-electron chi connectivity index (χ0n) is 39.2. The predicted octanol–water partition coefficient (Wildman–Crippen LogP) is 17.5. The molecule has 0 N–H and O–H groups in total. The van der Waals surface area contributed by atoms with Crippen molar-refractivity contribution in [2.75, 3.05) is 0 Å². The second-order valence-electron chi connectivity index (χ2n) is 19.3. The number of rotatable bonds is 3. The van der Waals surface area contributed by atoms with Crippen molar-refractivity contribution >= 4 is 5.57 Å². The van der Waals surface area contributed by atoms with Crippen LogP contribution in [0.3, 0.4) is 0 Å². The standard InChI is InChI=1S/C38H28.C16H16.C13H12/c1-25-19-21-32-35(23-25)38(34-18-10-16-29(37(32)34)27-13-6-3-7-14-27)33-17-9-8-15-30(33)31-22-20-28(24-36(31)38)26-11-4-2-5-12-26;1-11-8-9-13-12-6-4-5-7-14(12)16(2,3)15(13)10-11;1-11-7-5-6-10-13(11)12-8-3-2-4-9-12/h2-23,28H,24H2,1H3;4-10H,1-3H3;2-10H,1H3. The predicted molar refractivity (Wildman–Crippen MR) is 284 cm³/mol. The van der Waals surface area contributed by atoms with E-state index in [2.05, 4.69) is 259 Å². The van der Waals surface area contributed by atoms with E-state index in [4.69, 9.17) is 0 Å². The highest BCUT2D eigenvalue weighted by molar-refractivity contribution is 6.01. The summed E-state index contributed by atoms with van der Waals surface area (Å²) in [5.74, 6) is 0.371. The first-order chi connectivity index (χ1) is 32.7. The molecule has 4 aliphatic carbocycles. The van der Waals surface area contributed by atoms with E-state index in [0.29, 0.717) is 5.92 Å². The first-order valence-corrected chi connectivity index (χ1v) is 23.9. The molecular formula is C67H56. The molecule has 0 heteroatoms. The van der Waals surface area contributed by atoms with E-state index in [1.54, 1.807) is 5.57 Å². The Balaban J connectivity index is 0.000000139. The van der Waals surface area contributed by atoms with Crippen LogP contribution in [0.1, 0.15) is 81.8 Å². The fourth-order valence-electron chi connectivity index (χ4n) is 11.7. The molecule has 67 heavy (non-hydrogen) atoms. The molecule has 13 rings (SSSR count). The van der Waals surface area contributed by atoms with Crippen LogP contribution in [0, 0.1) is 20.8 Å².